The van der Waals surface area contributed by atoms with E-state index in [-0.39, 0.29) is 5.82 Å². The van der Waals surface area contributed by atoms with Crippen molar-refractivity contribution < 1.29 is 8.81 Å². The molecule has 4 heteroatoms. The van der Waals surface area contributed by atoms with Crippen molar-refractivity contribution in [3.8, 4) is 11.3 Å². The van der Waals surface area contributed by atoms with Crippen LogP contribution in [0.4, 0.5) is 4.39 Å². The Morgan fingerprint density at radius 2 is 2.22 bits per heavy atom. The number of halogens is 1. The van der Waals surface area contributed by atoms with Crippen molar-refractivity contribution in [3.63, 3.8) is 0 Å². The largest absolute Gasteiger partial charge is 0.439 e. The first kappa shape index (κ1) is 12.8. The summed E-state index contributed by atoms with van der Waals surface area (Å²) < 4.78 is 18.7. The van der Waals surface area contributed by atoms with E-state index in [0.29, 0.717) is 18.2 Å². The number of benzene rings is 1. The first-order valence-electron chi connectivity index (χ1n) is 6.12. The zero-order valence-corrected chi connectivity index (χ0v) is 10.7. The van der Waals surface area contributed by atoms with Crippen LogP contribution in [0.25, 0.3) is 11.3 Å². The number of aryl methyl sites for hydroxylation is 1. The molecular weight excluding hydrogens is 231 g/mol. The third kappa shape index (κ3) is 2.96. The molecule has 1 heterocycles. The maximum absolute atomic E-state index is 13.0. The molecule has 0 aliphatic rings. The summed E-state index contributed by atoms with van der Waals surface area (Å²) in [7, 11) is 0. The predicted molar refractivity (Wildman–Crippen MR) is 68.6 cm³/mol. The average molecular weight is 248 g/mol. The smallest absolute Gasteiger partial charge is 0.208 e. The highest BCUT2D eigenvalue weighted by Crippen LogP contribution is 2.24. The van der Waals surface area contributed by atoms with Crippen LogP contribution in [0.1, 0.15) is 24.8 Å². The van der Waals surface area contributed by atoms with Crippen molar-refractivity contribution in [2.75, 3.05) is 6.54 Å². The van der Waals surface area contributed by atoms with Gasteiger partial charge in [-0.1, -0.05) is 6.92 Å². The van der Waals surface area contributed by atoms with Gasteiger partial charge in [0.1, 0.15) is 5.82 Å². The lowest BCUT2D eigenvalue weighted by Crippen LogP contribution is -2.13. The molecule has 1 aromatic heterocycles. The summed E-state index contributed by atoms with van der Waals surface area (Å²) in [6.07, 6.45) is 2.76. The van der Waals surface area contributed by atoms with Gasteiger partial charge in [0.2, 0.25) is 5.89 Å². The normalized spacial score (nSPS) is 10.8. The van der Waals surface area contributed by atoms with E-state index in [2.05, 4.69) is 17.2 Å². The number of oxazole rings is 1. The molecule has 0 aliphatic heterocycles. The van der Waals surface area contributed by atoms with Crippen molar-refractivity contribution >= 4 is 0 Å². The van der Waals surface area contributed by atoms with Gasteiger partial charge in [-0.15, -0.1) is 0 Å². The van der Waals surface area contributed by atoms with Crippen LogP contribution >= 0.6 is 0 Å². The Labute approximate surface area is 106 Å². The number of nitrogens with zero attached hydrogens (tertiary/aromatic N) is 1. The van der Waals surface area contributed by atoms with Gasteiger partial charge in [-0.25, -0.2) is 9.37 Å². The summed E-state index contributed by atoms with van der Waals surface area (Å²) in [6.45, 7) is 5.52. The average Bonchev–Trinajstić information content (AvgIpc) is 2.78. The van der Waals surface area contributed by atoms with Crippen LogP contribution in [0.5, 0.6) is 0 Å². The van der Waals surface area contributed by atoms with Gasteiger partial charge < -0.3 is 9.73 Å². The minimum Gasteiger partial charge on any atom is -0.439 e. The number of hydrogen-bond acceptors (Lipinski definition) is 3. The second kappa shape index (κ2) is 5.78. The molecule has 1 aromatic carbocycles. The Hall–Kier alpha value is -1.68. The third-order valence-electron chi connectivity index (χ3n) is 2.71. The topological polar surface area (TPSA) is 38.1 Å². The zero-order chi connectivity index (χ0) is 13.0. The maximum Gasteiger partial charge on any atom is 0.208 e. The van der Waals surface area contributed by atoms with Gasteiger partial charge in [-0.05, 0) is 43.7 Å². The van der Waals surface area contributed by atoms with Crippen LogP contribution < -0.4 is 5.32 Å². The lowest BCUT2D eigenvalue weighted by molar-refractivity contribution is 0.477. The minimum atomic E-state index is -0.236. The molecule has 0 atom stereocenters. The molecule has 0 fully saturated rings. The fraction of sp³-hybridized carbons (Fsp3) is 0.357. The number of nitrogens with one attached hydrogen (secondary N) is 1. The first-order chi connectivity index (χ1) is 8.70. The highest BCUT2D eigenvalue weighted by molar-refractivity contribution is 5.60. The number of hydrogen-bond donors (Lipinski definition) is 1. The lowest BCUT2D eigenvalue weighted by Gasteiger charge is -2.02. The molecule has 0 saturated heterocycles. The van der Waals surface area contributed by atoms with E-state index in [4.69, 9.17) is 4.42 Å². The van der Waals surface area contributed by atoms with E-state index in [1.165, 1.54) is 12.1 Å². The third-order valence-corrected chi connectivity index (χ3v) is 2.71. The number of rotatable bonds is 5. The Balaban J connectivity index is 2.13. The summed E-state index contributed by atoms with van der Waals surface area (Å²) >= 11 is 0. The Morgan fingerprint density at radius 3 is 2.94 bits per heavy atom. The van der Waals surface area contributed by atoms with Crippen LogP contribution in [0.2, 0.25) is 0 Å². The second-order valence-electron chi connectivity index (χ2n) is 4.25. The van der Waals surface area contributed by atoms with Gasteiger partial charge in [-0.2, -0.15) is 0 Å². The summed E-state index contributed by atoms with van der Waals surface area (Å²) in [5.41, 5.74) is 1.73. The Kier molecular flexibility index (Phi) is 4.10. The predicted octanol–water partition coefficient (Wildman–Crippen LogP) is 3.29. The molecular formula is C14H17FN2O. The van der Waals surface area contributed by atoms with E-state index < -0.39 is 0 Å². The number of aromatic nitrogens is 1. The van der Waals surface area contributed by atoms with Gasteiger partial charge in [0, 0.05) is 5.56 Å². The van der Waals surface area contributed by atoms with E-state index in [9.17, 15) is 4.39 Å². The highest BCUT2D eigenvalue weighted by Gasteiger charge is 2.09. The Morgan fingerprint density at radius 1 is 1.39 bits per heavy atom. The molecule has 0 amide bonds. The summed E-state index contributed by atoms with van der Waals surface area (Å²) in [4.78, 5) is 4.21. The molecule has 0 radical (unpaired) electrons. The fourth-order valence-corrected chi connectivity index (χ4v) is 1.79. The monoisotopic (exact) mass is 248 g/mol. The van der Waals surface area contributed by atoms with E-state index in [1.807, 2.05) is 6.92 Å². The van der Waals surface area contributed by atoms with E-state index in [1.54, 1.807) is 12.3 Å². The highest BCUT2D eigenvalue weighted by atomic mass is 19.1. The van der Waals surface area contributed by atoms with Crippen molar-refractivity contribution in [3.05, 3.63) is 41.7 Å². The van der Waals surface area contributed by atoms with Gasteiger partial charge in [0.15, 0.2) is 5.76 Å². The van der Waals surface area contributed by atoms with Gasteiger partial charge >= 0.3 is 0 Å². The van der Waals surface area contributed by atoms with Crippen molar-refractivity contribution in [1.29, 1.82) is 0 Å². The molecule has 96 valence electrons. The van der Waals surface area contributed by atoms with Gasteiger partial charge in [0.05, 0.1) is 12.7 Å². The second-order valence-corrected chi connectivity index (χ2v) is 4.25. The lowest BCUT2D eigenvalue weighted by atomic mass is 10.1. The molecule has 0 spiro atoms. The van der Waals surface area contributed by atoms with Crippen LogP contribution in [0, 0.1) is 12.7 Å². The van der Waals surface area contributed by atoms with Crippen molar-refractivity contribution in [2.24, 2.45) is 0 Å². The molecule has 0 unspecified atom stereocenters. The minimum absolute atomic E-state index is 0.236. The van der Waals surface area contributed by atoms with Crippen LogP contribution in [0.15, 0.2) is 28.8 Å². The Bertz CT molecular complexity index is 522. The molecule has 2 rings (SSSR count). The van der Waals surface area contributed by atoms with Crippen LogP contribution in [-0.2, 0) is 6.54 Å². The van der Waals surface area contributed by atoms with Crippen LogP contribution in [0.3, 0.4) is 0 Å². The van der Waals surface area contributed by atoms with E-state index >= 15 is 0 Å². The summed E-state index contributed by atoms with van der Waals surface area (Å²) in [5.74, 6) is 1.10. The molecule has 0 bridgehead atoms. The first-order valence-corrected chi connectivity index (χ1v) is 6.12. The molecule has 3 nitrogen and oxygen atoms in total. The SMILES string of the molecule is CCCNCc1ncc(-c2ccc(F)cc2C)o1. The van der Waals surface area contributed by atoms with Crippen LogP contribution in [-0.4, -0.2) is 11.5 Å². The molecule has 0 aliphatic carbocycles. The molecule has 18 heavy (non-hydrogen) atoms. The van der Waals surface area contributed by atoms with E-state index in [0.717, 1.165) is 24.1 Å². The summed E-state index contributed by atoms with van der Waals surface area (Å²) in [6, 6.07) is 4.64. The quantitative estimate of drug-likeness (QED) is 0.825. The van der Waals surface area contributed by atoms with Gasteiger partial charge in [0.25, 0.3) is 0 Å². The summed E-state index contributed by atoms with van der Waals surface area (Å²) in [5, 5.41) is 3.22. The van der Waals surface area contributed by atoms with Gasteiger partial charge in [-0.3, -0.25) is 0 Å². The van der Waals surface area contributed by atoms with Crippen molar-refractivity contribution in [2.45, 2.75) is 26.8 Å². The maximum atomic E-state index is 13.0. The molecule has 1 N–H and O–H groups in total. The van der Waals surface area contributed by atoms with Crippen molar-refractivity contribution in [1.82, 2.24) is 10.3 Å². The standard InChI is InChI=1S/C14H17FN2O/c1-3-6-16-9-14-17-8-13(18-14)12-5-4-11(15)7-10(12)2/h4-5,7-8,16H,3,6,9H2,1-2H3. The molecule has 2 aromatic rings. The molecule has 0 saturated carbocycles. The zero-order valence-electron chi connectivity index (χ0n) is 10.7. The fourth-order valence-electron chi connectivity index (χ4n) is 1.79.